The Morgan fingerprint density at radius 1 is 1.33 bits per heavy atom. The van der Waals surface area contributed by atoms with Gasteiger partial charge in [-0.1, -0.05) is 12.1 Å². The molecule has 0 spiro atoms. The number of hydrogen-bond acceptors (Lipinski definition) is 5. The Bertz CT molecular complexity index is 570. The minimum absolute atomic E-state index is 0.0352. The van der Waals surface area contributed by atoms with Crippen LogP contribution in [0, 0.1) is 5.41 Å². The largest absolute Gasteiger partial charge is 0.490 e. The predicted molar refractivity (Wildman–Crippen MR) is 81.5 cm³/mol. The van der Waals surface area contributed by atoms with E-state index in [-0.39, 0.29) is 24.4 Å². The molecule has 0 bridgehead atoms. The van der Waals surface area contributed by atoms with Crippen LogP contribution in [-0.4, -0.2) is 39.0 Å². The SMILES string of the molecule is Nc1ccccc1OCCS(=O)(=O)NCC1(CCO)CC1. The first-order chi connectivity index (χ1) is 9.96. The van der Waals surface area contributed by atoms with Crippen molar-refractivity contribution >= 4 is 15.7 Å². The summed E-state index contributed by atoms with van der Waals surface area (Å²) in [5.74, 6) is 0.378. The minimum atomic E-state index is -3.37. The van der Waals surface area contributed by atoms with Crippen LogP contribution in [0.5, 0.6) is 5.75 Å². The minimum Gasteiger partial charge on any atom is -0.490 e. The number of anilines is 1. The van der Waals surface area contributed by atoms with Crippen LogP contribution in [0.1, 0.15) is 19.3 Å². The van der Waals surface area contributed by atoms with Crippen molar-refractivity contribution in [3.8, 4) is 5.75 Å². The van der Waals surface area contributed by atoms with Crippen molar-refractivity contribution in [3.63, 3.8) is 0 Å². The highest BCUT2D eigenvalue weighted by Gasteiger charge is 2.42. The van der Waals surface area contributed by atoms with Crippen LogP contribution in [0.15, 0.2) is 24.3 Å². The molecule has 0 atom stereocenters. The number of nitrogens with two attached hydrogens (primary N) is 1. The number of nitrogens with one attached hydrogen (secondary N) is 1. The Morgan fingerprint density at radius 3 is 2.67 bits per heavy atom. The van der Waals surface area contributed by atoms with Gasteiger partial charge in [-0.15, -0.1) is 0 Å². The molecule has 1 aromatic rings. The Morgan fingerprint density at radius 2 is 2.05 bits per heavy atom. The fourth-order valence-corrected chi connectivity index (χ4v) is 3.11. The van der Waals surface area contributed by atoms with E-state index in [2.05, 4.69) is 4.72 Å². The molecule has 1 aromatic carbocycles. The lowest BCUT2D eigenvalue weighted by molar-refractivity contribution is 0.249. The van der Waals surface area contributed by atoms with Gasteiger partial charge in [0.15, 0.2) is 0 Å². The van der Waals surface area contributed by atoms with Gasteiger partial charge in [-0.3, -0.25) is 0 Å². The molecule has 0 saturated heterocycles. The number of hydrogen-bond donors (Lipinski definition) is 3. The van der Waals surface area contributed by atoms with Gasteiger partial charge in [-0.05, 0) is 36.8 Å². The van der Waals surface area contributed by atoms with Gasteiger partial charge in [-0.2, -0.15) is 0 Å². The van der Waals surface area contributed by atoms with Gasteiger partial charge in [-0.25, -0.2) is 13.1 Å². The third-order valence-electron chi connectivity index (χ3n) is 3.79. The van der Waals surface area contributed by atoms with E-state index in [1.807, 2.05) is 0 Å². The second kappa shape index (κ2) is 6.64. The topological polar surface area (TPSA) is 102 Å². The second-order valence-corrected chi connectivity index (χ2v) is 7.43. The van der Waals surface area contributed by atoms with E-state index in [4.69, 9.17) is 15.6 Å². The molecule has 0 radical (unpaired) electrons. The first-order valence-electron chi connectivity index (χ1n) is 7.02. The normalized spacial score (nSPS) is 16.6. The van der Waals surface area contributed by atoms with Crippen LogP contribution in [0.3, 0.4) is 0 Å². The second-order valence-electron chi connectivity index (χ2n) is 5.50. The number of benzene rings is 1. The van der Waals surface area contributed by atoms with Gasteiger partial charge in [0.25, 0.3) is 0 Å². The number of aliphatic hydroxyl groups is 1. The molecule has 0 aliphatic heterocycles. The molecule has 0 unspecified atom stereocenters. The van der Waals surface area contributed by atoms with Crippen LogP contribution >= 0.6 is 0 Å². The van der Waals surface area contributed by atoms with Gasteiger partial charge < -0.3 is 15.6 Å². The number of rotatable bonds is 9. The Hall–Kier alpha value is -1.31. The van der Waals surface area contributed by atoms with Crippen LogP contribution in [0.25, 0.3) is 0 Å². The summed E-state index contributed by atoms with van der Waals surface area (Å²) in [6.45, 7) is 0.540. The molecule has 0 amide bonds. The maximum absolute atomic E-state index is 11.9. The van der Waals surface area contributed by atoms with E-state index in [0.717, 1.165) is 12.8 Å². The van der Waals surface area contributed by atoms with E-state index >= 15 is 0 Å². The lowest BCUT2D eigenvalue weighted by atomic mass is 10.0. The third kappa shape index (κ3) is 4.87. The molecule has 2 rings (SSSR count). The Balaban J connectivity index is 1.75. The highest BCUT2D eigenvalue weighted by atomic mass is 32.2. The van der Waals surface area contributed by atoms with Gasteiger partial charge in [0.1, 0.15) is 12.4 Å². The molecule has 1 aliphatic carbocycles. The summed E-state index contributed by atoms with van der Waals surface area (Å²) in [5, 5.41) is 8.96. The van der Waals surface area contributed by atoms with Crippen LogP contribution in [0.4, 0.5) is 5.69 Å². The van der Waals surface area contributed by atoms with E-state index in [9.17, 15) is 8.42 Å². The summed E-state index contributed by atoms with van der Waals surface area (Å²) in [6.07, 6.45) is 2.58. The van der Waals surface area contributed by atoms with Crippen LogP contribution in [0.2, 0.25) is 0 Å². The standard InChI is InChI=1S/C14H22N2O4S/c15-12-3-1-2-4-13(12)20-9-10-21(18,19)16-11-14(5-6-14)7-8-17/h1-4,16-17H,5-11,15H2. The molecular formula is C14H22N2O4S. The summed E-state index contributed by atoms with van der Waals surface area (Å²) in [6, 6.07) is 6.98. The lowest BCUT2D eigenvalue weighted by Gasteiger charge is -2.15. The summed E-state index contributed by atoms with van der Waals surface area (Å²) in [7, 11) is -3.37. The zero-order valence-corrected chi connectivity index (χ0v) is 12.7. The average molecular weight is 314 g/mol. The monoisotopic (exact) mass is 314 g/mol. The fraction of sp³-hybridized carbons (Fsp3) is 0.571. The average Bonchev–Trinajstić information content (AvgIpc) is 3.20. The van der Waals surface area contributed by atoms with Crippen molar-refractivity contribution in [1.29, 1.82) is 0 Å². The van der Waals surface area contributed by atoms with Crippen LogP contribution in [-0.2, 0) is 10.0 Å². The van der Waals surface area contributed by atoms with Gasteiger partial charge >= 0.3 is 0 Å². The van der Waals surface area contributed by atoms with Crippen molar-refractivity contribution in [3.05, 3.63) is 24.3 Å². The van der Waals surface area contributed by atoms with Crippen molar-refractivity contribution in [2.45, 2.75) is 19.3 Å². The van der Waals surface area contributed by atoms with E-state index in [0.29, 0.717) is 24.4 Å². The summed E-state index contributed by atoms with van der Waals surface area (Å²) >= 11 is 0. The first-order valence-corrected chi connectivity index (χ1v) is 8.67. The quantitative estimate of drug-likeness (QED) is 0.583. The van der Waals surface area contributed by atoms with Gasteiger partial charge in [0.2, 0.25) is 10.0 Å². The molecule has 4 N–H and O–H groups in total. The Labute approximate surface area is 125 Å². The molecule has 0 aromatic heterocycles. The van der Waals surface area contributed by atoms with Crippen molar-refractivity contribution < 1.29 is 18.3 Å². The van der Waals surface area contributed by atoms with E-state index in [1.54, 1.807) is 24.3 Å². The molecule has 0 heterocycles. The highest BCUT2D eigenvalue weighted by Crippen LogP contribution is 2.47. The first kappa shape index (κ1) is 16.1. The molecule has 7 heteroatoms. The number of para-hydroxylation sites is 2. The third-order valence-corrected chi connectivity index (χ3v) is 5.08. The maximum Gasteiger partial charge on any atom is 0.214 e. The molecule has 118 valence electrons. The molecule has 6 nitrogen and oxygen atoms in total. The lowest BCUT2D eigenvalue weighted by Crippen LogP contribution is -2.34. The van der Waals surface area contributed by atoms with Gasteiger partial charge in [0.05, 0.1) is 11.4 Å². The zero-order valence-electron chi connectivity index (χ0n) is 11.9. The van der Waals surface area contributed by atoms with Crippen LogP contribution < -0.4 is 15.2 Å². The summed E-state index contributed by atoms with van der Waals surface area (Å²) in [5.41, 5.74) is 6.17. The number of aliphatic hydroxyl groups excluding tert-OH is 1. The zero-order chi connectivity index (χ0) is 15.3. The Kier molecular flexibility index (Phi) is 5.08. The molecule has 21 heavy (non-hydrogen) atoms. The van der Waals surface area contributed by atoms with Crippen molar-refractivity contribution in [2.75, 3.05) is 31.2 Å². The molecule has 1 aliphatic rings. The highest BCUT2D eigenvalue weighted by molar-refractivity contribution is 7.89. The predicted octanol–water partition coefficient (Wildman–Crippen LogP) is 0.730. The number of sulfonamides is 1. The molecule has 1 fully saturated rings. The number of nitrogen functional groups attached to an aromatic ring is 1. The molecule has 1 saturated carbocycles. The van der Waals surface area contributed by atoms with Gasteiger partial charge in [0, 0.05) is 13.2 Å². The maximum atomic E-state index is 11.9. The van der Waals surface area contributed by atoms with E-state index < -0.39 is 10.0 Å². The van der Waals surface area contributed by atoms with Crippen molar-refractivity contribution in [1.82, 2.24) is 4.72 Å². The smallest absolute Gasteiger partial charge is 0.214 e. The van der Waals surface area contributed by atoms with Crippen molar-refractivity contribution in [2.24, 2.45) is 5.41 Å². The number of ether oxygens (including phenoxy) is 1. The summed E-state index contributed by atoms with van der Waals surface area (Å²) < 4.78 is 31.8. The summed E-state index contributed by atoms with van der Waals surface area (Å²) in [4.78, 5) is 0. The fourth-order valence-electron chi connectivity index (χ4n) is 2.14. The molecular weight excluding hydrogens is 292 g/mol. The van der Waals surface area contributed by atoms with E-state index in [1.165, 1.54) is 0 Å².